The second-order valence-corrected chi connectivity index (χ2v) is 6.10. The molecular weight excluding hydrogens is 222 g/mol. The van der Waals surface area contributed by atoms with Crippen molar-refractivity contribution < 1.29 is 5.11 Å². The number of aliphatic hydroxyl groups excluding tert-OH is 1. The Balaban J connectivity index is 2.24. The summed E-state index contributed by atoms with van der Waals surface area (Å²) < 4.78 is 0. The molecule has 0 heterocycles. The summed E-state index contributed by atoms with van der Waals surface area (Å²) in [5, 5.41) is 13.5. The van der Waals surface area contributed by atoms with Crippen molar-refractivity contribution in [3.8, 4) is 0 Å². The van der Waals surface area contributed by atoms with Crippen LogP contribution in [0, 0.1) is 17.8 Å². The van der Waals surface area contributed by atoms with Crippen molar-refractivity contribution in [1.29, 1.82) is 0 Å². The van der Waals surface area contributed by atoms with Crippen LogP contribution in [0.15, 0.2) is 11.6 Å². The molecule has 0 aromatic heterocycles. The molecule has 0 aromatic rings. The first-order valence-corrected chi connectivity index (χ1v) is 7.62. The average Bonchev–Trinajstić information content (AvgIpc) is 2.29. The van der Waals surface area contributed by atoms with Gasteiger partial charge in [0.05, 0.1) is 6.10 Å². The van der Waals surface area contributed by atoms with E-state index in [9.17, 15) is 5.11 Å². The minimum absolute atomic E-state index is 0.183. The van der Waals surface area contributed by atoms with Crippen molar-refractivity contribution in [3.05, 3.63) is 11.6 Å². The van der Waals surface area contributed by atoms with Gasteiger partial charge < -0.3 is 10.4 Å². The first-order valence-electron chi connectivity index (χ1n) is 7.62. The summed E-state index contributed by atoms with van der Waals surface area (Å²) in [6, 6.07) is 0. The highest BCUT2D eigenvalue weighted by Crippen LogP contribution is 2.27. The lowest BCUT2D eigenvalue weighted by Gasteiger charge is -2.27. The molecule has 0 spiro atoms. The Bertz CT molecular complexity index is 258. The van der Waals surface area contributed by atoms with Gasteiger partial charge in [0.15, 0.2) is 0 Å². The van der Waals surface area contributed by atoms with Gasteiger partial charge in [0.1, 0.15) is 0 Å². The molecule has 106 valence electrons. The molecule has 1 rings (SSSR count). The Labute approximate surface area is 113 Å². The van der Waals surface area contributed by atoms with Crippen molar-refractivity contribution >= 4 is 0 Å². The Kier molecular flexibility index (Phi) is 6.95. The number of nitrogens with one attached hydrogen (secondary N) is 1. The zero-order valence-electron chi connectivity index (χ0n) is 12.6. The van der Waals surface area contributed by atoms with Gasteiger partial charge in [-0.3, -0.25) is 0 Å². The molecule has 3 unspecified atom stereocenters. The summed E-state index contributed by atoms with van der Waals surface area (Å²) in [6.45, 7) is 10.7. The van der Waals surface area contributed by atoms with Crippen molar-refractivity contribution in [3.63, 3.8) is 0 Å². The smallest absolute Gasteiger partial charge is 0.0692 e. The van der Waals surface area contributed by atoms with E-state index in [2.05, 4.69) is 39.1 Å². The predicted octanol–water partition coefficient (Wildman–Crippen LogP) is 3.37. The van der Waals surface area contributed by atoms with Gasteiger partial charge in [-0.2, -0.15) is 0 Å². The Hall–Kier alpha value is -0.340. The van der Waals surface area contributed by atoms with Gasteiger partial charge in [-0.25, -0.2) is 0 Å². The molecule has 1 aliphatic rings. The van der Waals surface area contributed by atoms with Gasteiger partial charge in [0, 0.05) is 6.54 Å². The SMILES string of the molecule is CCC(CC)C(O)CNCC1CC(C)=CC(C)C1. The topological polar surface area (TPSA) is 32.3 Å². The number of rotatable bonds is 7. The van der Waals surface area contributed by atoms with E-state index in [1.165, 1.54) is 18.4 Å². The average molecular weight is 253 g/mol. The van der Waals surface area contributed by atoms with E-state index in [1.54, 1.807) is 0 Å². The second-order valence-electron chi connectivity index (χ2n) is 6.10. The molecule has 2 N–H and O–H groups in total. The van der Waals surface area contributed by atoms with E-state index in [-0.39, 0.29) is 6.10 Å². The lowest BCUT2D eigenvalue weighted by molar-refractivity contribution is 0.1000. The van der Waals surface area contributed by atoms with E-state index in [0.29, 0.717) is 5.92 Å². The minimum atomic E-state index is -0.183. The highest BCUT2D eigenvalue weighted by Gasteiger charge is 2.19. The van der Waals surface area contributed by atoms with Gasteiger partial charge in [0.2, 0.25) is 0 Å². The number of hydrogen-bond donors (Lipinski definition) is 2. The monoisotopic (exact) mass is 253 g/mol. The normalized spacial score (nSPS) is 26.2. The van der Waals surface area contributed by atoms with Crippen molar-refractivity contribution in [2.24, 2.45) is 17.8 Å². The molecule has 0 saturated carbocycles. The molecule has 18 heavy (non-hydrogen) atoms. The van der Waals surface area contributed by atoms with E-state index in [1.807, 2.05) is 0 Å². The molecule has 0 aromatic carbocycles. The summed E-state index contributed by atoms with van der Waals surface area (Å²) in [7, 11) is 0. The zero-order valence-corrected chi connectivity index (χ0v) is 12.6. The highest BCUT2D eigenvalue weighted by molar-refractivity contribution is 5.06. The summed E-state index contributed by atoms with van der Waals surface area (Å²) in [4.78, 5) is 0. The summed E-state index contributed by atoms with van der Waals surface area (Å²) in [6.07, 6.45) is 6.86. The van der Waals surface area contributed by atoms with Crippen LogP contribution in [0.3, 0.4) is 0 Å². The number of aliphatic hydroxyl groups is 1. The fraction of sp³-hybridized carbons (Fsp3) is 0.875. The first kappa shape index (κ1) is 15.7. The predicted molar refractivity (Wildman–Crippen MR) is 78.6 cm³/mol. The van der Waals surface area contributed by atoms with Crippen LogP contribution >= 0.6 is 0 Å². The van der Waals surface area contributed by atoms with Crippen LogP contribution in [-0.2, 0) is 0 Å². The third-order valence-corrected chi connectivity index (χ3v) is 4.26. The quantitative estimate of drug-likeness (QED) is 0.682. The maximum atomic E-state index is 10.1. The molecule has 0 radical (unpaired) electrons. The number of allylic oxidation sites excluding steroid dienone is 2. The minimum Gasteiger partial charge on any atom is -0.392 e. The van der Waals surface area contributed by atoms with Crippen molar-refractivity contribution in [2.45, 2.75) is 59.5 Å². The summed E-state index contributed by atoms with van der Waals surface area (Å²) in [5.41, 5.74) is 1.53. The van der Waals surface area contributed by atoms with Gasteiger partial charge in [-0.1, -0.05) is 45.3 Å². The van der Waals surface area contributed by atoms with Crippen LogP contribution in [0.25, 0.3) is 0 Å². The Morgan fingerprint density at radius 1 is 1.39 bits per heavy atom. The fourth-order valence-corrected chi connectivity index (χ4v) is 3.28. The standard InChI is InChI=1S/C16H31NO/c1-5-15(6-2)16(18)11-17-10-14-8-12(3)7-13(4)9-14/h7,12,14-18H,5-6,8-11H2,1-4H3. The van der Waals surface area contributed by atoms with Crippen LogP contribution in [0.4, 0.5) is 0 Å². The van der Waals surface area contributed by atoms with E-state index >= 15 is 0 Å². The molecule has 1 aliphatic carbocycles. The fourth-order valence-electron chi connectivity index (χ4n) is 3.28. The summed E-state index contributed by atoms with van der Waals surface area (Å²) >= 11 is 0. The highest BCUT2D eigenvalue weighted by atomic mass is 16.3. The maximum Gasteiger partial charge on any atom is 0.0692 e. The third kappa shape index (κ3) is 5.11. The molecular formula is C16H31NO. The molecule has 2 heteroatoms. The second kappa shape index (κ2) is 7.96. The largest absolute Gasteiger partial charge is 0.392 e. The maximum absolute atomic E-state index is 10.1. The summed E-state index contributed by atoms with van der Waals surface area (Å²) in [5.74, 6) is 1.91. The molecule has 0 saturated heterocycles. The van der Waals surface area contributed by atoms with Crippen LogP contribution in [-0.4, -0.2) is 24.3 Å². The van der Waals surface area contributed by atoms with E-state index in [4.69, 9.17) is 0 Å². The Morgan fingerprint density at radius 2 is 2.06 bits per heavy atom. The van der Waals surface area contributed by atoms with Crippen LogP contribution in [0.2, 0.25) is 0 Å². The van der Waals surface area contributed by atoms with Crippen LogP contribution in [0.1, 0.15) is 53.4 Å². The van der Waals surface area contributed by atoms with E-state index in [0.717, 1.165) is 37.8 Å². The van der Waals surface area contributed by atoms with Crippen LogP contribution < -0.4 is 5.32 Å². The third-order valence-electron chi connectivity index (χ3n) is 4.26. The molecule has 3 atom stereocenters. The van der Waals surface area contributed by atoms with Gasteiger partial charge >= 0.3 is 0 Å². The van der Waals surface area contributed by atoms with Crippen molar-refractivity contribution in [2.75, 3.05) is 13.1 Å². The van der Waals surface area contributed by atoms with Gasteiger partial charge in [0.25, 0.3) is 0 Å². The lowest BCUT2D eigenvalue weighted by Crippen LogP contribution is -2.35. The van der Waals surface area contributed by atoms with E-state index < -0.39 is 0 Å². The van der Waals surface area contributed by atoms with Gasteiger partial charge in [-0.05, 0) is 44.1 Å². The molecule has 0 bridgehead atoms. The van der Waals surface area contributed by atoms with Crippen molar-refractivity contribution in [1.82, 2.24) is 5.32 Å². The Morgan fingerprint density at radius 3 is 2.61 bits per heavy atom. The van der Waals surface area contributed by atoms with Gasteiger partial charge in [-0.15, -0.1) is 0 Å². The molecule has 2 nitrogen and oxygen atoms in total. The zero-order chi connectivity index (χ0) is 13.5. The number of hydrogen-bond acceptors (Lipinski definition) is 2. The lowest BCUT2D eigenvalue weighted by atomic mass is 9.83. The first-order chi connectivity index (χ1) is 8.56. The molecule has 0 fully saturated rings. The molecule has 0 aliphatic heterocycles. The molecule has 0 amide bonds. The van der Waals surface area contributed by atoms with Crippen LogP contribution in [0.5, 0.6) is 0 Å².